The summed E-state index contributed by atoms with van der Waals surface area (Å²) in [5, 5.41) is 9.32. The molecule has 3 N–H and O–H groups in total. The van der Waals surface area contributed by atoms with Crippen LogP contribution in [0.15, 0.2) is 29.2 Å². The van der Waals surface area contributed by atoms with E-state index in [2.05, 4.69) is 18.4 Å². The number of hydrogen-bond acceptors (Lipinski definition) is 3. The molecule has 0 aliphatic heterocycles. The molecule has 0 bridgehead atoms. The van der Waals surface area contributed by atoms with Crippen molar-refractivity contribution in [2.45, 2.75) is 29.4 Å². The molecule has 1 aromatic carbocycles. The molecule has 14 heavy (non-hydrogen) atoms. The van der Waals surface area contributed by atoms with Gasteiger partial charge in [-0.3, -0.25) is 0 Å². The molecule has 1 fully saturated rings. The summed E-state index contributed by atoms with van der Waals surface area (Å²) in [4.78, 5) is 1.22. The maximum Gasteiger partial charge on any atom is 0.0582 e. The van der Waals surface area contributed by atoms with Gasteiger partial charge in [0.15, 0.2) is 0 Å². The molecule has 0 radical (unpaired) electrons. The number of nitrogens with two attached hydrogens (primary N) is 1. The maximum absolute atomic E-state index is 9.32. The van der Waals surface area contributed by atoms with E-state index in [0.29, 0.717) is 12.8 Å². The van der Waals surface area contributed by atoms with E-state index in [9.17, 15) is 5.11 Å². The van der Waals surface area contributed by atoms with Crippen LogP contribution >= 0.6 is 11.8 Å². The lowest BCUT2D eigenvalue weighted by Gasteiger charge is -2.43. The summed E-state index contributed by atoms with van der Waals surface area (Å²) in [6.07, 6.45) is 3.21. The predicted octanol–water partition coefficient (Wildman–Crippen LogP) is 1.72. The van der Waals surface area contributed by atoms with Gasteiger partial charge in [-0.05, 0) is 30.7 Å². The van der Waals surface area contributed by atoms with Gasteiger partial charge in [-0.25, -0.2) is 0 Å². The van der Waals surface area contributed by atoms with Crippen molar-refractivity contribution >= 4 is 11.8 Å². The second-order valence-electron chi connectivity index (χ2n) is 3.92. The lowest BCUT2D eigenvalue weighted by atomic mass is 9.70. The van der Waals surface area contributed by atoms with E-state index in [4.69, 9.17) is 5.73 Å². The zero-order chi connectivity index (χ0) is 10.2. The third-order valence-electron chi connectivity index (χ3n) is 2.84. The second-order valence-corrected chi connectivity index (χ2v) is 4.77. The van der Waals surface area contributed by atoms with E-state index in [1.54, 1.807) is 11.8 Å². The molecule has 3 heteroatoms. The van der Waals surface area contributed by atoms with Crippen LogP contribution in [0.25, 0.3) is 0 Å². The van der Waals surface area contributed by atoms with Crippen molar-refractivity contribution in [3.05, 3.63) is 29.8 Å². The molecule has 1 saturated carbocycles. The summed E-state index contributed by atoms with van der Waals surface area (Å²) in [5.41, 5.74) is 7.10. The van der Waals surface area contributed by atoms with Crippen molar-refractivity contribution in [1.82, 2.24) is 0 Å². The fourth-order valence-electron chi connectivity index (χ4n) is 2.06. The Hall–Kier alpha value is -0.510. The Morgan fingerprint density at radius 3 is 2.64 bits per heavy atom. The van der Waals surface area contributed by atoms with Crippen LogP contribution in [0.1, 0.15) is 18.4 Å². The maximum atomic E-state index is 9.32. The summed E-state index contributed by atoms with van der Waals surface area (Å²) in [5.74, 6) is 0. The molecule has 0 heterocycles. The van der Waals surface area contributed by atoms with E-state index in [0.717, 1.165) is 0 Å². The Morgan fingerprint density at radius 1 is 1.43 bits per heavy atom. The molecule has 1 aliphatic carbocycles. The second kappa shape index (κ2) is 3.57. The van der Waals surface area contributed by atoms with Gasteiger partial charge in [0.1, 0.15) is 0 Å². The van der Waals surface area contributed by atoms with Crippen LogP contribution in [0.5, 0.6) is 0 Å². The topological polar surface area (TPSA) is 46.2 Å². The van der Waals surface area contributed by atoms with Crippen molar-refractivity contribution in [2.75, 3.05) is 6.26 Å². The number of rotatable bonds is 2. The number of aliphatic hydroxyl groups excluding tert-OH is 1. The molecule has 1 aromatic rings. The first-order chi connectivity index (χ1) is 6.65. The molecule has 1 aliphatic rings. The van der Waals surface area contributed by atoms with E-state index < -0.39 is 0 Å². The highest BCUT2D eigenvalue weighted by Crippen LogP contribution is 2.42. The lowest BCUT2D eigenvalue weighted by Crippen LogP contribution is -2.51. The quantitative estimate of drug-likeness (QED) is 0.729. The average Bonchev–Trinajstić information content (AvgIpc) is 2.15. The van der Waals surface area contributed by atoms with Gasteiger partial charge in [-0.2, -0.15) is 0 Å². The Kier molecular flexibility index (Phi) is 2.56. The fourth-order valence-corrected chi connectivity index (χ4v) is 2.76. The van der Waals surface area contributed by atoms with Crippen molar-refractivity contribution < 1.29 is 5.11 Å². The van der Waals surface area contributed by atoms with Gasteiger partial charge in [0, 0.05) is 10.4 Å². The van der Waals surface area contributed by atoms with Crippen molar-refractivity contribution in [1.29, 1.82) is 0 Å². The molecule has 0 saturated heterocycles. The Bertz CT molecular complexity index is 334. The number of benzene rings is 1. The first-order valence-electron chi connectivity index (χ1n) is 4.76. The normalized spacial score (nSPS) is 31.2. The minimum absolute atomic E-state index is 0.213. The van der Waals surface area contributed by atoms with Crippen LogP contribution in [0.4, 0.5) is 0 Å². The summed E-state index contributed by atoms with van der Waals surface area (Å²) >= 11 is 1.71. The first-order valence-corrected chi connectivity index (χ1v) is 5.98. The SMILES string of the molecule is CSc1ccccc1C1(N)CC(O)C1. The van der Waals surface area contributed by atoms with Gasteiger partial charge in [0.05, 0.1) is 6.10 Å². The molecule has 0 spiro atoms. The largest absolute Gasteiger partial charge is 0.393 e. The molecule has 0 amide bonds. The van der Waals surface area contributed by atoms with Gasteiger partial charge < -0.3 is 10.8 Å². The molecule has 76 valence electrons. The van der Waals surface area contributed by atoms with Crippen LogP contribution in [-0.4, -0.2) is 17.5 Å². The van der Waals surface area contributed by atoms with E-state index in [-0.39, 0.29) is 11.6 Å². The van der Waals surface area contributed by atoms with Crippen molar-refractivity contribution in [2.24, 2.45) is 5.73 Å². The minimum Gasteiger partial charge on any atom is -0.393 e. The lowest BCUT2D eigenvalue weighted by molar-refractivity contribution is 0.0197. The summed E-state index contributed by atoms with van der Waals surface area (Å²) in [7, 11) is 0. The smallest absolute Gasteiger partial charge is 0.0582 e. The standard InChI is InChI=1S/C11H15NOS/c1-14-10-5-3-2-4-9(10)11(12)6-8(13)7-11/h2-5,8,13H,6-7,12H2,1H3. The van der Waals surface area contributed by atoms with Crippen molar-refractivity contribution in [3.63, 3.8) is 0 Å². The zero-order valence-corrected chi connectivity index (χ0v) is 9.05. The molecule has 0 aromatic heterocycles. The average molecular weight is 209 g/mol. The Morgan fingerprint density at radius 2 is 2.07 bits per heavy atom. The molecular weight excluding hydrogens is 194 g/mol. The highest BCUT2D eigenvalue weighted by atomic mass is 32.2. The molecule has 2 nitrogen and oxygen atoms in total. The molecular formula is C11H15NOS. The van der Waals surface area contributed by atoms with E-state index in [1.165, 1.54) is 10.5 Å². The molecule has 0 atom stereocenters. The number of thioether (sulfide) groups is 1. The zero-order valence-electron chi connectivity index (χ0n) is 8.23. The van der Waals surface area contributed by atoms with E-state index in [1.807, 2.05) is 12.1 Å². The van der Waals surface area contributed by atoms with Crippen LogP contribution in [0, 0.1) is 0 Å². The number of aliphatic hydroxyl groups is 1. The highest BCUT2D eigenvalue weighted by molar-refractivity contribution is 7.98. The fraction of sp³-hybridized carbons (Fsp3) is 0.455. The van der Waals surface area contributed by atoms with Gasteiger partial charge in [0.2, 0.25) is 0 Å². The van der Waals surface area contributed by atoms with Gasteiger partial charge in [-0.1, -0.05) is 18.2 Å². The van der Waals surface area contributed by atoms with Gasteiger partial charge in [-0.15, -0.1) is 11.8 Å². The Balaban J connectivity index is 2.32. The van der Waals surface area contributed by atoms with Crippen LogP contribution in [0.2, 0.25) is 0 Å². The molecule has 0 unspecified atom stereocenters. The minimum atomic E-state index is -0.293. The Labute approximate surface area is 88.5 Å². The van der Waals surface area contributed by atoms with E-state index >= 15 is 0 Å². The van der Waals surface area contributed by atoms with Crippen LogP contribution < -0.4 is 5.73 Å². The van der Waals surface area contributed by atoms with Crippen LogP contribution in [-0.2, 0) is 5.54 Å². The third kappa shape index (κ3) is 1.56. The summed E-state index contributed by atoms with van der Waals surface area (Å²) < 4.78 is 0. The van der Waals surface area contributed by atoms with Gasteiger partial charge >= 0.3 is 0 Å². The molecule has 2 rings (SSSR count). The van der Waals surface area contributed by atoms with Gasteiger partial charge in [0.25, 0.3) is 0 Å². The van der Waals surface area contributed by atoms with Crippen LogP contribution in [0.3, 0.4) is 0 Å². The number of hydrogen-bond donors (Lipinski definition) is 2. The summed E-state index contributed by atoms with van der Waals surface area (Å²) in [6, 6.07) is 8.18. The van der Waals surface area contributed by atoms with Crippen molar-refractivity contribution in [3.8, 4) is 0 Å². The third-order valence-corrected chi connectivity index (χ3v) is 3.64. The highest BCUT2D eigenvalue weighted by Gasteiger charge is 2.42. The summed E-state index contributed by atoms with van der Waals surface area (Å²) in [6.45, 7) is 0. The predicted molar refractivity (Wildman–Crippen MR) is 59.3 cm³/mol. The first kappa shape index (κ1) is 10.0. The monoisotopic (exact) mass is 209 g/mol.